The zero-order chi connectivity index (χ0) is 4.99. The van der Waals surface area contributed by atoms with Gasteiger partial charge in [0.2, 0.25) is 0 Å². The van der Waals surface area contributed by atoms with Gasteiger partial charge in [0.15, 0.2) is 0 Å². The van der Waals surface area contributed by atoms with Crippen molar-refractivity contribution in [2.45, 2.75) is 13.8 Å². The predicted octanol–water partition coefficient (Wildman–Crippen LogP) is 2.05. The molecule has 0 aliphatic heterocycles. The Bertz CT molecular complexity index is 42.8. The second kappa shape index (κ2) is 3.70. The molecular weight excluding hydrogens is 111 g/mol. The van der Waals surface area contributed by atoms with Gasteiger partial charge in [-0.25, -0.2) is 0 Å². The molecule has 0 spiro atoms. The lowest BCUT2D eigenvalue weighted by Gasteiger charge is -1.90. The maximum absolute atomic E-state index is 4.70. The van der Waals surface area contributed by atoms with E-state index in [4.69, 9.17) is 11.8 Å². The third-order valence-corrected chi connectivity index (χ3v) is 1.77. The summed E-state index contributed by atoms with van der Waals surface area (Å²) in [5.41, 5.74) is 0. The van der Waals surface area contributed by atoms with Crippen LogP contribution in [-0.2, 0) is 11.8 Å². The van der Waals surface area contributed by atoms with Crippen LogP contribution in [0.1, 0.15) is 13.8 Å². The smallest absolute Gasteiger partial charge is 0.00216 e. The molecule has 0 aromatic heterocycles. The molecule has 36 valence electrons. The maximum atomic E-state index is 4.70. The molecule has 2 heteroatoms. The number of hydrogen-bond donors (Lipinski definition) is 0. The lowest BCUT2D eigenvalue weighted by atomic mass is 10.3. The summed E-state index contributed by atoms with van der Waals surface area (Å²) in [5, 5.41) is 0. The van der Waals surface area contributed by atoms with Crippen molar-refractivity contribution < 1.29 is 0 Å². The van der Waals surface area contributed by atoms with Crippen molar-refractivity contribution in [3.63, 3.8) is 0 Å². The van der Waals surface area contributed by atoms with Gasteiger partial charge in [-0.15, -0.1) is 0 Å². The minimum Gasteiger partial charge on any atom is -0.0621 e. The van der Waals surface area contributed by atoms with Gasteiger partial charge in [-0.1, -0.05) is 25.7 Å². The molecule has 0 amide bonds. The van der Waals surface area contributed by atoms with E-state index in [1.807, 2.05) is 0 Å². The molecule has 0 aromatic rings. The molecule has 0 fully saturated rings. The average molecular weight is 120 g/mol. The Balaban J connectivity index is 2.81. The number of rotatable bonds is 2. The van der Waals surface area contributed by atoms with Crippen LogP contribution in [0.5, 0.6) is 0 Å². The molecule has 0 unspecified atom stereocenters. The standard InChI is InChI=1S/C4H9PS/c1-4(2)3-5-6/h4H,3H2,1-2H3. The highest BCUT2D eigenvalue weighted by atomic mass is 32.4. The summed E-state index contributed by atoms with van der Waals surface area (Å²) in [6.45, 7) is 4.36. The summed E-state index contributed by atoms with van der Waals surface area (Å²) in [6, 6.07) is 0. The van der Waals surface area contributed by atoms with Crippen molar-refractivity contribution in [1.29, 1.82) is 0 Å². The Morgan fingerprint density at radius 3 is 2.17 bits per heavy atom. The first-order valence-corrected chi connectivity index (χ1v) is 4.15. The normalized spacial score (nSPS) is 10.5. The molecule has 0 heterocycles. The number of hydrogen-bond acceptors (Lipinski definition) is 1. The zero-order valence-corrected chi connectivity index (χ0v) is 5.85. The van der Waals surface area contributed by atoms with E-state index >= 15 is 0 Å². The molecule has 0 aromatic carbocycles. The fraction of sp³-hybridized carbons (Fsp3) is 1.00. The van der Waals surface area contributed by atoms with Crippen LogP contribution < -0.4 is 0 Å². The van der Waals surface area contributed by atoms with E-state index in [0.717, 1.165) is 19.4 Å². The highest BCUT2D eigenvalue weighted by Crippen LogP contribution is 2.00. The zero-order valence-electron chi connectivity index (χ0n) is 4.14. The molecule has 0 aliphatic rings. The Morgan fingerprint density at radius 2 is 2.17 bits per heavy atom. The monoisotopic (exact) mass is 120 g/mol. The molecule has 0 nitrogen and oxygen atoms in total. The highest BCUT2D eigenvalue weighted by Gasteiger charge is 1.84. The van der Waals surface area contributed by atoms with Crippen LogP contribution in [0.2, 0.25) is 0 Å². The van der Waals surface area contributed by atoms with Crippen LogP contribution in [0.4, 0.5) is 0 Å². The minimum absolute atomic E-state index is 0.782. The molecular formula is C4H9PS. The van der Waals surface area contributed by atoms with E-state index in [9.17, 15) is 0 Å². The molecule has 0 N–H and O–H groups in total. The van der Waals surface area contributed by atoms with Crippen LogP contribution in [0, 0.1) is 5.92 Å². The van der Waals surface area contributed by atoms with Crippen molar-refractivity contribution >= 4 is 19.2 Å². The Morgan fingerprint density at radius 1 is 1.67 bits per heavy atom. The first-order chi connectivity index (χ1) is 2.77. The average Bonchev–Trinajstić information content (AvgIpc) is 1.35. The Labute approximate surface area is 45.8 Å². The van der Waals surface area contributed by atoms with E-state index in [0.29, 0.717) is 0 Å². The van der Waals surface area contributed by atoms with Crippen molar-refractivity contribution in [1.82, 2.24) is 0 Å². The third-order valence-electron chi connectivity index (χ3n) is 0.440. The summed E-state index contributed by atoms with van der Waals surface area (Å²) >= 11 is 4.70. The Kier molecular flexibility index (Phi) is 4.02. The van der Waals surface area contributed by atoms with Crippen molar-refractivity contribution in [2.75, 3.05) is 6.16 Å². The first-order valence-electron chi connectivity index (χ1n) is 2.06. The van der Waals surface area contributed by atoms with E-state index in [1.165, 1.54) is 0 Å². The van der Waals surface area contributed by atoms with E-state index in [1.54, 1.807) is 0 Å². The van der Waals surface area contributed by atoms with Gasteiger partial charge < -0.3 is 0 Å². The SMILES string of the molecule is CC(C)CP=S. The van der Waals surface area contributed by atoms with E-state index in [-0.39, 0.29) is 0 Å². The van der Waals surface area contributed by atoms with Crippen molar-refractivity contribution in [3.05, 3.63) is 0 Å². The molecule has 6 heavy (non-hydrogen) atoms. The van der Waals surface area contributed by atoms with Gasteiger partial charge in [-0.2, -0.15) is 0 Å². The molecule has 0 rings (SSSR count). The van der Waals surface area contributed by atoms with Crippen LogP contribution in [0.25, 0.3) is 0 Å². The van der Waals surface area contributed by atoms with Crippen LogP contribution in [0.3, 0.4) is 0 Å². The van der Waals surface area contributed by atoms with Gasteiger partial charge in [0, 0.05) is 6.16 Å². The van der Waals surface area contributed by atoms with Crippen molar-refractivity contribution in [3.8, 4) is 0 Å². The quantitative estimate of drug-likeness (QED) is 0.502. The summed E-state index contributed by atoms with van der Waals surface area (Å²) in [4.78, 5) is 0. The molecule has 0 saturated carbocycles. The van der Waals surface area contributed by atoms with Gasteiger partial charge in [-0.05, 0) is 13.3 Å². The summed E-state index contributed by atoms with van der Waals surface area (Å²) in [5.74, 6) is 0.782. The lowest BCUT2D eigenvalue weighted by molar-refractivity contribution is 0.750. The second-order valence-corrected chi connectivity index (χ2v) is 3.10. The fourth-order valence-electron chi connectivity index (χ4n) is 0.149. The summed E-state index contributed by atoms with van der Waals surface area (Å²) in [6.07, 6.45) is 1.16. The predicted molar refractivity (Wildman–Crippen MR) is 34.0 cm³/mol. The van der Waals surface area contributed by atoms with Crippen LogP contribution in [-0.4, -0.2) is 6.16 Å². The molecule has 0 atom stereocenters. The van der Waals surface area contributed by atoms with Gasteiger partial charge >= 0.3 is 0 Å². The van der Waals surface area contributed by atoms with Crippen LogP contribution >= 0.6 is 7.36 Å². The summed E-state index contributed by atoms with van der Waals surface area (Å²) < 4.78 is 0. The topological polar surface area (TPSA) is 0 Å². The van der Waals surface area contributed by atoms with E-state index in [2.05, 4.69) is 13.8 Å². The minimum atomic E-state index is 0.782. The molecule has 0 aliphatic carbocycles. The van der Waals surface area contributed by atoms with Gasteiger partial charge in [-0.3, -0.25) is 0 Å². The molecule has 0 saturated heterocycles. The largest absolute Gasteiger partial charge is 0.0621 e. The van der Waals surface area contributed by atoms with Gasteiger partial charge in [0.25, 0.3) is 0 Å². The maximum Gasteiger partial charge on any atom is 0.00216 e. The van der Waals surface area contributed by atoms with Crippen molar-refractivity contribution in [2.24, 2.45) is 5.92 Å². The van der Waals surface area contributed by atoms with E-state index < -0.39 is 0 Å². The summed E-state index contributed by atoms with van der Waals surface area (Å²) in [7, 11) is 1.11. The van der Waals surface area contributed by atoms with Gasteiger partial charge in [0.1, 0.15) is 0 Å². The van der Waals surface area contributed by atoms with Crippen LogP contribution in [0.15, 0.2) is 0 Å². The Hall–Kier alpha value is 0.520. The highest BCUT2D eigenvalue weighted by molar-refractivity contribution is 7.96. The first kappa shape index (κ1) is 6.52. The molecule has 0 radical (unpaired) electrons. The fourth-order valence-corrected chi connectivity index (χ4v) is 1.34. The lowest BCUT2D eigenvalue weighted by Crippen LogP contribution is -1.83. The third kappa shape index (κ3) is 4.52. The molecule has 0 bridgehead atoms. The van der Waals surface area contributed by atoms with Gasteiger partial charge in [0.05, 0.1) is 0 Å². The second-order valence-electron chi connectivity index (χ2n) is 1.71.